The van der Waals surface area contributed by atoms with Gasteiger partial charge >= 0.3 is 0 Å². The molecule has 0 N–H and O–H groups in total. The molecule has 28 heavy (non-hydrogen) atoms. The van der Waals surface area contributed by atoms with E-state index < -0.39 is 0 Å². The zero-order valence-electron chi connectivity index (χ0n) is 16.5. The molecule has 0 fully saturated rings. The largest absolute Gasteiger partial charge is 0.276 e. The summed E-state index contributed by atoms with van der Waals surface area (Å²) in [6, 6.07) is 17.0. The first-order chi connectivity index (χ1) is 13.5. The smallest absolute Gasteiger partial charge is 0.195 e. The first-order valence-corrected chi connectivity index (χ1v) is 10.2. The molecule has 0 aliphatic carbocycles. The molecule has 2 aromatic heterocycles. The topological polar surface area (TPSA) is 48.5 Å². The van der Waals surface area contributed by atoms with Crippen molar-refractivity contribution in [2.75, 3.05) is 0 Å². The summed E-state index contributed by atoms with van der Waals surface area (Å²) >= 11 is 1.69. The lowest BCUT2D eigenvalue weighted by Gasteiger charge is -2.10. The van der Waals surface area contributed by atoms with Gasteiger partial charge in [-0.3, -0.25) is 4.57 Å². The molecule has 6 heteroatoms. The summed E-state index contributed by atoms with van der Waals surface area (Å²) in [6.45, 7) is 8.31. The molecule has 0 radical (unpaired) electrons. The normalized spacial score (nSPS) is 11.1. The minimum atomic E-state index is 0.834. The maximum absolute atomic E-state index is 4.55. The zero-order chi connectivity index (χ0) is 19.7. The zero-order valence-corrected chi connectivity index (χ0v) is 17.4. The van der Waals surface area contributed by atoms with Crippen molar-refractivity contribution in [2.24, 2.45) is 0 Å². The third kappa shape index (κ3) is 3.73. The number of nitrogens with zero attached hydrogens (tertiary/aromatic N) is 5. The van der Waals surface area contributed by atoms with E-state index in [1.807, 2.05) is 11.6 Å². The summed E-state index contributed by atoms with van der Waals surface area (Å²) in [7, 11) is 0. The molecule has 0 atom stereocenters. The van der Waals surface area contributed by atoms with E-state index >= 15 is 0 Å². The van der Waals surface area contributed by atoms with E-state index in [1.165, 1.54) is 16.7 Å². The average Bonchev–Trinajstić information content (AvgIpc) is 3.26. The second-order valence-corrected chi connectivity index (χ2v) is 8.01. The van der Waals surface area contributed by atoms with Gasteiger partial charge in [0.2, 0.25) is 0 Å². The fourth-order valence-electron chi connectivity index (χ4n) is 3.34. The fourth-order valence-corrected chi connectivity index (χ4v) is 4.21. The highest BCUT2D eigenvalue weighted by atomic mass is 32.2. The number of hydrogen-bond acceptors (Lipinski definition) is 4. The second-order valence-electron chi connectivity index (χ2n) is 7.07. The maximum atomic E-state index is 4.55. The van der Waals surface area contributed by atoms with E-state index in [4.69, 9.17) is 0 Å². The highest BCUT2D eigenvalue weighted by molar-refractivity contribution is 7.98. The third-order valence-corrected chi connectivity index (χ3v) is 5.70. The Hall–Kier alpha value is -2.86. The van der Waals surface area contributed by atoms with Crippen LogP contribution >= 0.6 is 11.8 Å². The molecule has 0 amide bonds. The van der Waals surface area contributed by atoms with Gasteiger partial charge in [-0.15, -0.1) is 10.2 Å². The van der Waals surface area contributed by atoms with Gasteiger partial charge in [0.1, 0.15) is 6.33 Å². The van der Waals surface area contributed by atoms with Crippen LogP contribution < -0.4 is 0 Å². The fraction of sp³-hybridized carbons (Fsp3) is 0.227. The number of hydrogen-bond donors (Lipinski definition) is 0. The van der Waals surface area contributed by atoms with Crippen molar-refractivity contribution in [3.8, 4) is 11.4 Å². The summed E-state index contributed by atoms with van der Waals surface area (Å²) in [5, 5.41) is 13.9. The summed E-state index contributed by atoms with van der Waals surface area (Å²) in [5.41, 5.74) is 8.09. The van der Waals surface area contributed by atoms with Crippen LogP contribution in [0.2, 0.25) is 0 Å². The first-order valence-electron chi connectivity index (χ1n) is 9.24. The molecule has 4 aromatic rings. The molecule has 142 valence electrons. The Bertz CT molecular complexity index is 1110. The van der Waals surface area contributed by atoms with Gasteiger partial charge in [0, 0.05) is 11.4 Å². The number of thioether (sulfide) groups is 1. The Balaban J connectivity index is 1.50. The molecule has 0 aliphatic heterocycles. The molecule has 0 aliphatic rings. The predicted octanol–water partition coefficient (Wildman–Crippen LogP) is 4.98. The van der Waals surface area contributed by atoms with Gasteiger partial charge in [-0.2, -0.15) is 5.10 Å². The van der Waals surface area contributed by atoms with E-state index in [0.29, 0.717) is 0 Å². The molecular formula is C22H23N5S. The quantitative estimate of drug-likeness (QED) is 0.452. The maximum Gasteiger partial charge on any atom is 0.195 e. The number of rotatable bonds is 5. The minimum Gasteiger partial charge on any atom is -0.276 e. The van der Waals surface area contributed by atoms with E-state index in [0.717, 1.165) is 33.7 Å². The van der Waals surface area contributed by atoms with Gasteiger partial charge in [0.25, 0.3) is 0 Å². The predicted molar refractivity (Wildman–Crippen MR) is 113 cm³/mol. The minimum absolute atomic E-state index is 0.834. The highest BCUT2D eigenvalue weighted by Gasteiger charge is 2.10. The summed E-state index contributed by atoms with van der Waals surface area (Å²) in [5.74, 6) is 0.834. The average molecular weight is 390 g/mol. The molecular weight excluding hydrogens is 366 g/mol. The lowest BCUT2D eigenvalue weighted by atomic mass is 10.1. The van der Waals surface area contributed by atoms with Gasteiger partial charge in [-0.1, -0.05) is 41.6 Å². The van der Waals surface area contributed by atoms with Crippen LogP contribution in [0.5, 0.6) is 0 Å². The lowest BCUT2D eigenvalue weighted by Crippen LogP contribution is -1.99. The van der Waals surface area contributed by atoms with E-state index in [9.17, 15) is 0 Å². The van der Waals surface area contributed by atoms with E-state index in [1.54, 1.807) is 18.1 Å². The highest BCUT2D eigenvalue weighted by Crippen LogP contribution is 2.26. The number of aromatic nitrogens is 5. The van der Waals surface area contributed by atoms with Gasteiger partial charge in [-0.05, 0) is 63.1 Å². The molecule has 4 rings (SSSR count). The molecule has 2 heterocycles. The van der Waals surface area contributed by atoms with E-state index in [2.05, 4.69) is 89.2 Å². The van der Waals surface area contributed by atoms with Gasteiger partial charge in [0.05, 0.1) is 17.1 Å². The summed E-state index contributed by atoms with van der Waals surface area (Å²) < 4.78 is 4.03. The van der Waals surface area contributed by atoms with Crippen molar-refractivity contribution in [3.05, 3.63) is 82.9 Å². The molecule has 0 unspecified atom stereocenters. The number of aryl methyl sites for hydroxylation is 4. The SMILES string of the molecule is Cc1ccc(-n2cnnc2SCc2ccc(-n3nc(C)cc3C)cc2)c(C)c1. The Kier molecular flexibility index (Phi) is 5.05. The van der Waals surface area contributed by atoms with Gasteiger partial charge in [-0.25, -0.2) is 4.68 Å². The van der Waals surface area contributed by atoms with Crippen molar-refractivity contribution in [1.29, 1.82) is 0 Å². The van der Waals surface area contributed by atoms with Crippen LogP contribution in [-0.2, 0) is 5.75 Å². The van der Waals surface area contributed by atoms with Crippen LogP contribution in [0.25, 0.3) is 11.4 Å². The van der Waals surface area contributed by atoms with Crippen molar-refractivity contribution in [2.45, 2.75) is 38.6 Å². The molecule has 0 bridgehead atoms. The Morgan fingerprint density at radius 1 is 0.929 bits per heavy atom. The van der Waals surface area contributed by atoms with Crippen LogP contribution in [0.3, 0.4) is 0 Å². The Morgan fingerprint density at radius 3 is 2.39 bits per heavy atom. The lowest BCUT2D eigenvalue weighted by molar-refractivity contribution is 0.833. The Labute approximate surface area is 169 Å². The molecule has 5 nitrogen and oxygen atoms in total. The van der Waals surface area contributed by atoms with E-state index in [-0.39, 0.29) is 0 Å². The Morgan fingerprint density at radius 2 is 1.71 bits per heavy atom. The van der Waals surface area contributed by atoms with Gasteiger partial charge < -0.3 is 0 Å². The molecule has 0 saturated heterocycles. The standard InChI is InChI=1S/C22H23N5S/c1-15-5-10-21(16(2)11-15)26-14-23-24-22(26)28-13-19-6-8-20(9-7-19)27-18(4)12-17(3)25-27/h5-12,14H,13H2,1-4H3. The first kappa shape index (κ1) is 18.5. The van der Waals surface area contributed by atoms with Crippen LogP contribution in [0.1, 0.15) is 28.1 Å². The second kappa shape index (κ2) is 7.64. The van der Waals surface area contributed by atoms with Crippen molar-refractivity contribution >= 4 is 11.8 Å². The molecule has 2 aromatic carbocycles. The van der Waals surface area contributed by atoms with Crippen LogP contribution in [-0.4, -0.2) is 24.5 Å². The van der Waals surface area contributed by atoms with Crippen LogP contribution in [0.4, 0.5) is 0 Å². The summed E-state index contributed by atoms with van der Waals surface area (Å²) in [4.78, 5) is 0. The molecule has 0 spiro atoms. The third-order valence-electron chi connectivity index (χ3n) is 4.69. The molecule has 0 saturated carbocycles. The van der Waals surface area contributed by atoms with Gasteiger partial charge in [0.15, 0.2) is 5.16 Å². The van der Waals surface area contributed by atoms with Crippen LogP contribution in [0, 0.1) is 27.7 Å². The van der Waals surface area contributed by atoms with Crippen molar-refractivity contribution in [3.63, 3.8) is 0 Å². The summed E-state index contributed by atoms with van der Waals surface area (Å²) in [6.07, 6.45) is 1.78. The number of benzene rings is 2. The van der Waals surface area contributed by atoms with Crippen molar-refractivity contribution < 1.29 is 0 Å². The monoisotopic (exact) mass is 389 g/mol. The van der Waals surface area contributed by atoms with Crippen LogP contribution in [0.15, 0.2) is 60.0 Å². The van der Waals surface area contributed by atoms with Crippen molar-refractivity contribution in [1.82, 2.24) is 24.5 Å².